The number of fused-ring (bicyclic) bond motifs is 1. The average molecular weight is 276 g/mol. The van der Waals surface area contributed by atoms with Gasteiger partial charge in [0.2, 0.25) is 5.95 Å². The summed E-state index contributed by atoms with van der Waals surface area (Å²) in [6.07, 6.45) is 2.19. The molecule has 0 saturated heterocycles. The molecule has 1 heterocycles. The van der Waals surface area contributed by atoms with E-state index in [0.29, 0.717) is 17.0 Å². The Labute approximate surface area is 123 Å². The van der Waals surface area contributed by atoms with Crippen LogP contribution in [-0.4, -0.2) is 9.55 Å². The van der Waals surface area contributed by atoms with Gasteiger partial charge >= 0.3 is 0 Å². The highest BCUT2D eigenvalue weighted by molar-refractivity contribution is 5.85. The van der Waals surface area contributed by atoms with Crippen molar-refractivity contribution in [3.05, 3.63) is 53.6 Å². The Morgan fingerprint density at radius 3 is 2.62 bits per heavy atom. The van der Waals surface area contributed by atoms with Gasteiger partial charge in [-0.25, -0.2) is 4.98 Å². The van der Waals surface area contributed by atoms with Crippen molar-refractivity contribution in [3.63, 3.8) is 0 Å². The number of aromatic nitrogens is 2. The highest BCUT2D eigenvalue weighted by atomic mass is 15.2. The van der Waals surface area contributed by atoms with Gasteiger partial charge in [-0.15, -0.1) is 0 Å². The van der Waals surface area contributed by atoms with Crippen molar-refractivity contribution in [3.8, 4) is 11.8 Å². The zero-order chi connectivity index (χ0) is 14.8. The summed E-state index contributed by atoms with van der Waals surface area (Å²) in [5.41, 5.74) is 10.4. The number of rotatable bonds is 3. The van der Waals surface area contributed by atoms with Gasteiger partial charge in [-0.05, 0) is 36.2 Å². The van der Waals surface area contributed by atoms with Gasteiger partial charge in [-0.1, -0.05) is 31.5 Å². The van der Waals surface area contributed by atoms with Crippen LogP contribution in [0.3, 0.4) is 0 Å². The molecule has 4 heteroatoms. The third-order valence-corrected chi connectivity index (χ3v) is 3.56. The number of hydrogen-bond acceptors (Lipinski definition) is 3. The summed E-state index contributed by atoms with van der Waals surface area (Å²) in [6.45, 7) is 2.17. The summed E-state index contributed by atoms with van der Waals surface area (Å²) in [5.74, 6) is 0.399. The maximum Gasteiger partial charge on any atom is 0.205 e. The van der Waals surface area contributed by atoms with Crippen molar-refractivity contribution in [1.82, 2.24) is 9.55 Å². The lowest BCUT2D eigenvalue weighted by Crippen LogP contribution is -2.00. The number of aryl methyl sites for hydroxylation is 1. The number of nitrogens with zero attached hydrogens (tertiary/aromatic N) is 3. The summed E-state index contributed by atoms with van der Waals surface area (Å²) in [5, 5.41) is 9.16. The number of hydrogen-bond donors (Lipinski definition) is 1. The van der Waals surface area contributed by atoms with Gasteiger partial charge in [-0.2, -0.15) is 5.26 Å². The molecular formula is C17H16N4. The van der Waals surface area contributed by atoms with E-state index in [1.807, 2.05) is 28.8 Å². The molecule has 0 aliphatic rings. The topological polar surface area (TPSA) is 67.6 Å². The van der Waals surface area contributed by atoms with Crippen LogP contribution in [0, 0.1) is 11.3 Å². The number of nitrogens with two attached hydrogens (primary N) is 1. The molecule has 4 nitrogen and oxygen atoms in total. The predicted octanol–water partition coefficient (Wildman–Crippen LogP) is 3.43. The maximum absolute atomic E-state index is 9.16. The summed E-state index contributed by atoms with van der Waals surface area (Å²) in [6, 6.07) is 16.0. The molecule has 104 valence electrons. The van der Waals surface area contributed by atoms with Crippen molar-refractivity contribution in [2.45, 2.75) is 19.8 Å². The largest absolute Gasteiger partial charge is 0.369 e. The SMILES string of the molecule is CCCc1ccc(-n2c(N)nc3c(C#N)cccc32)cc1. The Morgan fingerprint density at radius 2 is 1.95 bits per heavy atom. The molecule has 0 aliphatic heterocycles. The average Bonchev–Trinajstić information content (AvgIpc) is 2.84. The van der Waals surface area contributed by atoms with E-state index in [4.69, 9.17) is 11.0 Å². The van der Waals surface area contributed by atoms with Crippen LogP contribution in [0.2, 0.25) is 0 Å². The summed E-state index contributed by atoms with van der Waals surface area (Å²) < 4.78 is 1.88. The van der Waals surface area contributed by atoms with E-state index in [9.17, 15) is 0 Å². The molecule has 2 aromatic carbocycles. The standard InChI is InChI=1S/C17H16N4/c1-2-4-12-7-9-14(10-8-12)21-15-6-3-5-13(11-18)16(15)20-17(21)19/h3,5-10H,2,4H2,1H3,(H2,19,20). The molecule has 3 aromatic rings. The molecule has 0 aliphatic carbocycles. The molecule has 0 atom stereocenters. The fourth-order valence-corrected chi connectivity index (χ4v) is 2.58. The summed E-state index contributed by atoms with van der Waals surface area (Å²) in [7, 11) is 0. The van der Waals surface area contributed by atoms with Crippen molar-refractivity contribution in [1.29, 1.82) is 5.26 Å². The highest BCUT2D eigenvalue weighted by Gasteiger charge is 2.12. The van der Waals surface area contributed by atoms with E-state index in [0.717, 1.165) is 24.0 Å². The third kappa shape index (κ3) is 2.23. The maximum atomic E-state index is 9.16. The second-order valence-electron chi connectivity index (χ2n) is 5.01. The second kappa shape index (κ2) is 5.29. The van der Waals surface area contributed by atoms with E-state index in [-0.39, 0.29) is 0 Å². The minimum atomic E-state index is 0.399. The number of para-hydroxylation sites is 1. The van der Waals surface area contributed by atoms with Crippen molar-refractivity contribution >= 4 is 17.0 Å². The smallest absolute Gasteiger partial charge is 0.205 e. The molecule has 0 bridgehead atoms. The van der Waals surface area contributed by atoms with Gasteiger partial charge in [0.05, 0.1) is 11.1 Å². The lowest BCUT2D eigenvalue weighted by atomic mass is 10.1. The third-order valence-electron chi connectivity index (χ3n) is 3.56. The number of benzene rings is 2. The van der Waals surface area contributed by atoms with Crippen LogP contribution in [0.4, 0.5) is 5.95 Å². The van der Waals surface area contributed by atoms with Crippen LogP contribution in [0.1, 0.15) is 24.5 Å². The minimum Gasteiger partial charge on any atom is -0.369 e. The minimum absolute atomic E-state index is 0.399. The lowest BCUT2D eigenvalue weighted by Gasteiger charge is -2.07. The van der Waals surface area contributed by atoms with E-state index in [1.54, 1.807) is 6.07 Å². The fourth-order valence-electron chi connectivity index (χ4n) is 2.58. The van der Waals surface area contributed by atoms with Crippen LogP contribution >= 0.6 is 0 Å². The first-order valence-corrected chi connectivity index (χ1v) is 7.01. The van der Waals surface area contributed by atoms with Crippen molar-refractivity contribution in [2.75, 3.05) is 5.73 Å². The normalized spacial score (nSPS) is 10.7. The molecule has 21 heavy (non-hydrogen) atoms. The predicted molar refractivity (Wildman–Crippen MR) is 84.2 cm³/mol. The Kier molecular flexibility index (Phi) is 3.33. The lowest BCUT2D eigenvalue weighted by molar-refractivity contribution is 0.920. The molecule has 1 aromatic heterocycles. The Morgan fingerprint density at radius 1 is 1.19 bits per heavy atom. The molecular weight excluding hydrogens is 260 g/mol. The first-order chi connectivity index (χ1) is 10.2. The quantitative estimate of drug-likeness (QED) is 0.796. The Bertz CT molecular complexity index is 822. The number of imidazole rings is 1. The Balaban J connectivity index is 2.16. The highest BCUT2D eigenvalue weighted by Crippen LogP contribution is 2.25. The zero-order valence-electron chi connectivity index (χ0n) is 11.9. The molecule has 0 radical (unpaired) electrons. The number of anilines is 1. The fraction of sp³-hybridized carbons (Fsp3) is 0.176. The second-order valence-corrected chi connectivity index (χ2v) is 5.01. The van der Waals surface area contributed by atoms with Gasteiger partial charge < -0.3 is 5.73 Å². The number of nitrogen functional groups attached to an aromatic ring is 1. The molecule has 0 amide bonds. The molecule has 2 N–H and O–H groups in total. The van der Waals surface area contributed by atoms with Crippen LogP contribution in [-0.2, 0) is 6.42 Å². The molecule has 0 saturated carbocycles. The molecule has 0 unspecified atom stereocenters. The van der Waals surface area contributed by atoms with Crippen molar-refractivity contribution < 1.29 is 0 Å². The summed E-state index contributed by atoms with van der Waals surface area (Å²) in [4.78, 5) is 4.34. The van der Waals surface area contributed by atoms with E-state index in [1.165, 1.54) is 5.56 Å². The summed E-state index contributed by atoms with van der Waals surface area (Å²) >= 11 is 0. The first-order valence-electron chi connectivity index (χ1n) is 7.01. The zero-order valence-corrected chi connectivity index (χ0v) is 11.9. The number of nitriles is 1. The van der Waals surface area contributed by atoms with Gasteiger partial charge in [0.1, 0.15) is 11.6 Å². The van der Waals surface area contributed by atoms with Gasteiger partial charge in [-0.3, -0.25) is 4.57 Å². The molecule has 0 fully saturated rings. The van der Waals surface area contributed by atoms with Crippen LogP contribution in [0.25, 0.3) is 16.7 Å². The van der Waals surface area contributed by atoms with E-state index >= 15 is 0 Å². The molecule has 3 rings (SSSR count). The monoisotopic (exact) mass is 276 g/mol. The van der Waals surface area contributed by atoms with E-state index in [2.05, 4.69) is 30.1 Å². The van der Waals surface area contributed by atoms with Crippen molar-refractivity contribution in [2.24, 2.45) is 0 Å². The first kappa shape index (κ1) is 13.2. The Hall–Kier alpha value is -2.80. The van der Waals surface area contributed by atoms with Crippen LogP contribution in [0.15, 0.2) is 42.5 Å². The molecule has 0 spiro atoms. The van der Waals surface area contributed by atoms with Crippen LogP contribution < -0.4 is 5.73 Å². The van der Waals surface area contributed by atoms with E-state index < -0.39 is 0 Å². The van der Waals surface area contributed by atoms with Gasteiger partial charge in [0.15, 0.2) is 0 Å². The van der Waals surface area contributed by atoms with Crippen LogP contribution in [0.5, 0.6) is 0 Å². The van der Waals surface area contributed by atoms with Gasteiger partial charge in [0.25, 0.3) is 0 Å². The van der Waals surface area contributed by atoms with Gasteiger partial charge in [0, 0.05) is 5.69 Å².